The Kier molecular flexibility index (Phi) is 5.75. The Hall–Kier alpha value is -0.810. The number of rotatable bonds is 2. The monoisotopic (exact) mass is 249 g/mol. The lowest BCUT2D eigenvalue weighted by atomic mass is 10.1. The Morgan fingerprint density at radius 2 is 2.12 bits per heavy atom. The first-order chi connectivity index (χ1) is 6.88. The van der Waals surface area contributed by atoms with E-state index in [1.165, 1.54) is 0 Å². The summed E-state index contributed by atoms with van der Waals surface area (Å²) in [5.41, 5.74) is -0.242. The Balaban J connectivity index is 0.00000225. The van der Waals surface area contributed by atoms with E-state index in [0.29, 0.717) is 13.1 Å². The number of nitrogens with zero attached hydrogens (tertiary/aromatic N) is 1. The van der Waals surface area contributed by atoms with Gasteiger partial charge in [0, 0.05) is 18.6 Å². The number of amides is 2. The highest BCUT2D eigenvalue weighted by atomic mass is 35.5. The Labute approximate surface area is 102 Å². The van der Waals surface area contributed by atoms with Crippen LogP contribution in [0.15, 0.2) is 0 Å². The summed E-state index contributed by atoms with van der Waals surface area (Å²) in [6.45, 7) is 7.63. The zero-order valence-corrected chi connectivity index (χ0v) is 10.8. The predicted molar refractivity (Wildman–Crippen MR) is 64.6 cm³/mol. The molecule has 0 bridgehead atoms. The molecule has 1 aliphatic heterocycles. The Morgan fingerprint density at radius 3 is 2.62 bits per heavy atom. The van der Waals surface area contributed by atoms with Crippen LogP contribution in [-0.2, 0) is 9.59 Å². The van der Waals surface area contributed by atoms with Crippen molar-refractivity contribution in [2.24, 2.45) is 0 Å². The second-order valence-corrected chi connectivity index (χ2v) is 4.79. The highest BCUT2D eigenvalue weighted by Gasteiger charge is 2.22. The van der Waals surface area contributed by atoms with E-state index in [2.05, 4.69) is 10.6 Å². The summed E-state index contributed by atoms with van der Waals surface area (Å²) in [4.78, 5) is 24.5. The fourth-order valence-corrected chi connectivity index (χ4v) is 1.44. The molecule has 6 heteroatoms. The Morgan fingerprint density at radius 1 is 1.50 bits per heavy atom. The summed E-state index contributed by atoms with van der Waals surface area (Å²) in [5, 5.41) is 5.80. The van der Waals surface area contributed by atoms with Crippen LogP contribution < -0.4 is 10.6 Å². The molecule has 0 radical (unpaired) electrons. The normalized spacial score (nSPS) is 16.7. The van der Waals surface area contributed by atoms with Gasteiger partial charge in [0.25, 0.3) is 0 Å². The smallest absolute Gasteiger partial charge is 0.240 e. The van der Waals surface area contributed by atoms with Gasteiger partial charge in [0.05, 0.1) is 13.1 Å². The highest BCUT2D eigenvalue weighted by Crippen LogP contribution is 1.99. The molecular formula is C10H20ClN3O2. The quantitative estimate of drug-likeness (QED) is 0.710. The van der Waals surface area contributed by atoms with Gasteiger partial charge in [0.2, 0.25) is 11.8 Å². The van der Waals surface area contributed by atoms with Gasteiger partial charge in [-0.05, 0) is 20.8 Å². The minimum atomic E-state index is -0.242. The molecule has 0 saturated carbocycles. The first-order valence-electron chi connectivity index (χ1n) is 5.18. The number of halogens is 1. The molecule has 1 heterocycles. The van der Waals surface area contributed by atoms with Crippen molar-refractivity contribution in [1.82, 2.24) is 15.5 Å². The van der Waals surface area contributed by atoms with Crippen LogP contribution in [0.3, 0.4) is 0 Å². The number of nitrogens with one attached hydrogen (secondary N) is 2. The minimum Gasteiger partial charge on any atom is -0.350 e. The van der Waals surface area contributed by atoms with Gasteiger partial charge in [-0.3, -0.25) is 9.59 Å². The van der Waals surface area contributed by atoms with E-state index >= 15 is 0 Å². The average molecular weight is 250 g/mol. The maximum Gasteiger partial charge on any atom is 0.240 e. The molecule has 2 amide bonds. The van der Waals surface area contributed by atoms with Crippen molar-refractivity contribution in [3.05, 3.63) is 0 Å². The van der Waals surface area contributed by atoms with Crippen molar-refractivity contribution >= 4 is 24.2 Å². The minimum absolute atomic E-state index is 0. The summed E-state index contributed by atoms with van der Waals surface area (Å²) in [6, 6.07) is 0. The highest BCUT2D eigenvalue weighted by molar-refractivity contribution is 5.86. The fourth-order valence-electron chi connectivity index (χ4n) is 1.44. The molecule has 0 aromatic rings. The number of hydrogen-bond donors (Lipinski definition) is 2. The van der Waals surface area contributed by atoms with Crippen molar-refractivity contribution in [2.75, 3.05) is 26.2 Å². The summed E-state index contributed by atoms with van der Waals surface area (Å²) in [5.74, 6) is -0.108. The number of carbonyl (C=O) groups excluding carboxylic acids is 2. The molecule has 2 N–H and O–H groups in total. The largest absolute Gasteiger partial charge is 0.350 e. The molecule has 1 rings (SSSR count). The molecule has 16 heavy (non-hydrogen) atoms. The average Bonchev–Trinajstić information content (AvgIpc) is 2.05. The molecular weight excluding hydrogens is 230 g/mol. The van der Waals surface area contributed by atoms with Crippen LogP contribution in [0.25, 0.3) is 0 Å². The zero-order valence-electron chi connectivity index (χ0n) is 10.0. The number of hydrogen-bond acceptors (Lipinski definition) is 3. The summed E-state index contributed by atoms with van der Waals surface area (Å²) >= 11 is 0. The van der Waals surface area contributed by atoms with Gasteiger partial charge in [0.15, 0.2) is 0 Å². The van der Waals surface area contributed by atoms with Crippen LogP contribution >= 0.6 is 12.4 Å². The molecule has 1 fully saturated rings. The van der Waals surface area contributed by atoms with Crippen LogP contribution in [0, 0.1) is 0 Å². The molecule has 0 atom stereocenters. The lowest BCUT2D eigenvalue weighted by Crippen LogP contribution is -2.53. The van der Waals surface area contributed by atoms with E-state index in [0.717, 1.165) is 6.54 Å². The van der Waals surface area contributed by atoms with Crippen molar-refractivity contribution in [2.45, 2.75) is 26.3 Å². The van der Waals surface area contributed by atoms with Gasteiger partial charge < -0.3 is 15.5 Å². The van der Waals surface area contributed by atoms with Crippen molar-refractivity contribution in [3.8, 4) is 0 Å². The third-order valence-corrected chi connectivity index (χ3v) is 2.04. The SMILES string of the molecule is CC(C)(C)NC(=O)CN1CCNCC1=O.Cl. The summed E-state index contributed by atoms with van der Waals surface area (Å²) in [6.07, 6.45) is 0. The van der Waals surface area contributed by atoms with Gasteiger partial charge in [-0.1, -0.05) is 0 Å². The van der Waals surface area contributed by atoms with E-state index in [-0.39, 0.29) is 36.3 Å². The summed E-state index contributed by atoms with van der Waals surface area (Å²) < 4.78 is 0. The maximum atomic E-state index is 11.5. The molecule has 0 aliphatic carbocycles. The van der Waals surface area contributed by atoms with Crippen LogP contribution in [-0.4, -0.2) is 48.4 Å². The molecule has 5 nitrogen and oxygen atoms in total. The molecule has 1 aliphatic rings. The first kappa shape index (κ1) is 15.2. The third kappa shape index (κ3) is 5.32. The predicted octanol–water partition coefficient (Wildman–Crippen LogP) is -0.245. The number of piperazine rings is 1. The number of carbonyl (C=O) groups is 2. The van der Waals surface area contributed by atoms with E-state index in [1.54, 1.807) is 4.90 Å². The molecule has 0 spiro atoms. The summed E-state index contributed by atoms with van der Waals surface area (Å²) in [7, 11) is 0. The lowest BCUT2D eigenvalue weighted by Gasteiger charge is -2.28. The second-order valence-electron chi connectivity index (χ2n) is 4.79. The molecule has 94 valence electrons. The standard InChI is InChI=1S/C10H19N3O2.ClH/c1-10(2,3)12-8(14)7-13-5-4-11-6-9(13)15;/h11H,4-7H2,1-3H3,(H,12,14);1H. The molecule has 1 saturated heterocycles. The van der Waals surface area contributed by atoms with Crippen LogP contribution in [0.2, 0.25) is 0 Å². The molecule has 0 aromatic heterocycles. The van der Waals surface area contributed by atoms with Crippen LogP contribution in [0.1, 0.15) is 20.8 Å². The fraction of sp³-hybridized carbons (Fsp3) is 0.800. The van der Waals surface area contributed by atoms with Gasteiger partial charge >= 0.3 is 0 Å². The van der Waals surface area contributed by atoms with E-state index in [9.17, 15) is 9.59 Å². The van der Waals surface area contributed by atoms with Crippen molar-refractivity contribution in [3.63, 3.8) is 0 Å². The topological polar surface area (TPSA) is 61.4 Å². The van der Waals surface area contributed by atoms with Gasteiger partial charge in [-0.15, -0.1) is 12.4 Å². The lowest BCUT2D eigenvalue weighted by molar-refractivity contribution is -0.137. The molecule has 0 aromatic carbocycles. The van der Waals surface area contributed by atoms with E-state index in [4.69, 9.17) is 0 Å². The van der Waals surface area contributed by atoms with Gasteiger partial charge in [-0.25, -0.2) is 0 Å². The van der Waals surface area contributed by atoms with Crippen LogP contribution in [0.5, 0.6) is 0 Å². The first-order valence-corrected chi connectivity index (χ1v) is 5.18. The van der Waals surface area contributed by atoms with Gasteiger partial charge in [-0.2, -0.15) is 0 Å². The molecule has 0 unspecified atom stereocenters. The van der Waals surface area contributed by atoms with Crippen LogP contribution in [0.4, 0.5) is 0 Å². The van der Waals surface area contributed by atoms with Crippen molar-refractivity contribution < 1.29 is 9.59 Å². The third-order valence-electron chi connectivity index (χ3n) is 2.04. The second kappa shape index (κ2) is 6.06. The zero-order chi connectivity index (χ0) is 11.5. The van der Waals surface area contributed by atoms with E-state index < -0.39 is 0 Å². The van der Waals surface area contributed by atoms with Gasteiger partial charge in [0.1, 0.15) is 0 Å². The van der Waals surface area contributed by atoms with Crippen molar-refractivity contribution in [1.29, 1.82) is 0 Å². The Bertz CT molecular complexity index is 263. The van der Waals surface area contributed by atoms with E-state index in [1.807, 2.05) is 20.8 Å². The maximum absolute atomic E-state index is 11.5.